The minimum absolute atomic E-state index is 0.103. The van der Waals surface area contributed by atoms with Gasteiger partial charge in [-0.25, -0.2) is 13.2 Å². The highest BCUT2D eigenvalue weighted by Crippen LogP contribution is 2.18. The molecule has 0 radical (unpaired) electrons. The molecule has 0 spiro atoms. The first kappa shape index (κ1) is 22.8. The Hall–Kier alpha value is -2.46. The number of hydrogen-bond donors (Lipinski definition) is 0. The second-order valence-electron chi connectivity index (χ2n) is 7.03. The number of carbonyl (C=O) groups excluding carboxylic acids is 1. The number of hydrogen-bond acceptors (Lipinski definition) is 5. The van der Waals surface area contributed by atoms with Crippen LogP contribution in [0.25, 0.3) is 10.9 Å². The first-order valence-electron chi connectivity index (χ1n) is 9.50. The summed E-state index contributed by atoms with van der Waals surface area (Å²) in [7, 11) is 0.201. The van der Waals surface area contributed by atoms with Crippen molar-refractivity contribution >= 4 is 26.8 Å². The maximum absolute atomic E-state index is 13.0. The highest BCUT2D eigenvalue weighted by molar-refractivity contribution is 7.89. The van der Waals surface area contributed by atoms with Gasteiger partial charge in [0.1, 0.15) is 0 Å². The zero-order valence-electron chi connectivity index (χ0n) is 17.5. The van der Waals surface area contributed by atoms with Crippen molar-refractivity contribution in [1.29, 1.82) is 0 Å². The van der Waals surface area contributed by atoms with Crippen molar-refractivity contribution in [2.45, 2.75) is 31.6 Å². The predicted octanol–water partition coefficient (Wildman–Crippen LogP) is 0.506. The molecule has 0 N–H and O–H groups in total. The van der Waals surface area contributed by atoms with Crippen LogP contribution in [-0.4, -0.2) is 59.3 Å². The predicted molar refractivity (Wildman–Crippen MR) is 111 cm³/mol. The van der Waals surface area contributed by atoms with Gasteiger partial charge < -0.3 is 4.90 Å². The number of aromatic nitrogens is 2. The second kappa shape index (κ2) is 8.91. The van der Waals surface area contributed by atoms with Crippen molar-refractivity contribution in [3.8, 4) is 0 Å². The average molecular weight is 425 g/mol. The van der Waals surface area contributed by atoms with E-state index in [0.717, 1.165) is 21.7 Å². The molecule has 0 saturated carbocycles. The number of sulfonamides is 1. The minimum atomic E-state index is -3.99. The molecule has 0 atom stereocenters. The number of fused-ring (bicyclic) bond motifs is 1. The average Bonchev–Trinajstić information content (AvgIpc) is 2.69. The van der Waals surface area contributed by atoms with Crippen molar-refractivity contribution in [2.75, 3.05) is 26.7 Å². The summed E-state index contributed by atoms with van der Waals surface area (Å²) in [6, 6.07) is 4.03. The van der Waals surface area contributed by atoms with E-state index in [2.05, 4.69) is 0 Å². The third-order valence-corrected chi connectivity index (χ3v) is 6.64. The molecule has 2 aromatic rings. The van der Waals surface area contributed by atoms with Crippen LogP contribution in [0, 0.1) is 0 Å². The molecule has 0 aliphatic rings. The van der Waals surface area contributed by atoms with Crippen LogP contribution in [-0.2, 0) is 28.9 Å². The highest BCUT2D eigenvalue weighted by atomic mass is 32.2. The van der Waals surface area contributed by atoms with Crippen LogP contribution in [0.2, 0.25) is 0 Å². The summed E-state index contributed by atoms with van der Waals surface area (Å²) in [6.45, 7) is 4.77. The first-order chi connectivity index (χ1) is 13.6. The summed E-state index contributed by atoms with van der Waals surface area (Å²) in [5.41, 5.74) is -0.725. The van der Waals surface area contributed by atoms with Crippen molar-refractivity contribution < 1.29 is 13.2 Å². The van der Waals surface area contributed by atoms with Crippen molar-refractivity contribution in [2.24, 2.45) is 14.1 Å². The normalized spacial score (nSPS) is 11.9. The molecule has 1 aromatic heterocycles. The van der Waals surface area contributed by atoms with E-state index in [4.69, 9.17) is 0 Å². The van der Waals surface area contributed by atoms with Gasteiger partial charge in [0.15, 0.2) is 0 Å². The van der Waals surface area contributed by atoms with E-state index in [0.29, 0.717) is 18.6 Å². The Labute approximate surface area is 170 Å². The van der Waals surface area contributed by atoms with Gasteiger partial charge in [0, 0.05) is 34.2 Å². The summed E-state index contributed by atoms with van der Waals surface area (Å²) >= 11 is 0. The zero-order chi connectivity index (χ0) is 21.9. The van der Waals surface area contributed by atoms with Gasteiger partial charge in [0.05, 0.1) is 22.3 Å². The zero-order valence-corrected chi connectivity index (χ0v) is 18.3. The van der Waals surface area contributed by atoms with Gasteiger partial charge >= 0.3 is 5.69 Å². The standard InChI is InChI=1S/C19H28N4O5S/c1-6-10-23(11-7-2)17(24)13-20(3)29(27,28)14-8-9-16-15(12-14)18(25)22(5)19(26)21(16)4/h8-9,12H,6-7,10-11,13H2,1-5H3. The van der Waals surface area contributed by atoms with Gasteiger partial charge in [-0.15, -0.1) is 0 Å². The fourth-order valence-electron chi connectivity index (χ4n) is 3.19. The quantitative estimate of drug-likeness (QED) is 0.614. The number of nitrogens with zero attached hydrogens (tertiary/aromatic N) is 4. The molecule has 0 aliphatic carbocycles. The monoisotopic (exact) mass is 424 g/mol. The molecule has 0 fully saturated rings. The molecule has 0 saturated heterocycles. The van der Waals surface area contributed by atoms with Crippen molar-refractivity contribution in [3.63, 3.8) is 0 Å². The van der Waals surface area contributed by atoms with Crippen LogP contribution in [0.1, 0.15) is 26.7 Å². The summed E-state index contributed by atoms with van der Waals surface area (Å²) in [5, 5.41) is 0.119. The van der Waals surface area contributed by atoms with E-state index in [9.17, 15) is 22.8 Å². The van der Waals surface area contributed by atoms with E-state index in [1.54, 1.807) is 4.90 Å². The fraction of sp³-hybridized carbons (Fsp3) is 0.526. The Kier molecular flexibility index (Phi) is 7.02. The van der Waals surface area contributed by atoms with Crippen LogP contribution in [0.15, 0.2) is 32.7 Å². The Balaban J connectivity index is 2.42. The lowest BCUT2D eigenvalue weighted by Crippen LogP contribution is -2.42. The number of amides is 1. The molecule has 2 rings (SSSR count). The molecule has 1 amide bonds. The molecule has 1 heterocycles. The topological polar surface area (TPSA) is 102 Å². The van der Waals surface area contributed by atoms with E-state index >= 15 is 0 Å². The van der Waals surface area contributed by atoms with E-state index < -0.39 is 21.3 Å². The molecule has 9 nitrogen and oxygen atoms in total. The molecular formula is C19H28N4O5S. The Morgan fingerprint density at radius 2 is 1.62 bits per heavy atom. The number of likely N-dealkylation sites (N-methyl/N-ethyl adjacent to an activating group) is 1. The minimum Gasteiger partial charge on any atom is -0.342 e. The van der Waals surface area contributed by atoms with Gasteiger partial charge in [-0.1, -0.05) is 13.8 Å². The van der Waals surface area contributed by atoms with Crippen LogP contribution in [0.5, 0.6) is 0 Å². The number of aryl methyl sites for hydroxylation is 1. The first-order valence-corrected chi connectivity index (χ1v) is 10.9. The maximum atomic E-state index is 13.0. The molecule has 1 aromatic carbocycles. The molecule has 0 unspecified atom stereocenters. The highest BCUT2D eigenvalue weighted by Gasteiger charge is 2.26. The van der Waals surface area contributed by atoms with Crippen molar-refractivity contribution in [3.05, 3.63) is 39.0 Å². The van der Waals surface area contributed by atoms with Crippen LogP contribution < -0.4 is 11.2 Å². The summed E-state index contributed by atoms with van der Waals surface area (Å²) in [6.07, 6.45) is 1.57. The molecule has 0 aliphatic heterocycles. The fourth-order valence-corrected chi connectivity index (χ4v) is 4.34. The lowest BCUT2D eigenvalue weighted by atomic mass is 10.2. The smallest absolute Gasteiger partial charge is 0.330 e. The number of carbonyl (C=O) groups is 1. The van der Waals surface area contributed by atoms with Crippen LogP contribution in [0.4, 0.5) is 0 Å². The summed E-state index contributed by atoms with van der Waals surface area (Å²) < 4.78 is 29.2. The Bertz CT molecular complexity index is 1130. The van der Waals surface area contributed by atoms with Gasteiger partial charge in [0.2, 0.25) is 15.9 Å². The van der Waals surface area contributed by atoms with Gasteiger partial charge in [0.25, 0.3) is 5.56 Å². The van der Waals surface area contributed by atoms with Gasteiger partial charge in [-0.05, 0) is 31.0 Å². The number of benzene rings is 1. The molecule has 160 valence electrons. The summed E-state index contributed by atoms with van der Waals surface area (Å²) in [5.74, 6) is -0.265. The van der Waals surface area contributed by atoms with E-state index in [-0.39, 0.29) is 22.7 Å². The molecule has 0 bridgehead atoms. The number of rotatable bonds is 8. The lowest BCUT2D eigenvalue weighted by Gasteiger charge is -2.24. The van der Waals surface area contributed by atoms with Crippen molar-refractivity contribution in [1.82, 2.24) is 18.3 Å². The van der Waals surface area contributed by atoms with Crippen LogP contribution >= 0.6 is 0 Å². The Morgan fingerprint density at radius 3 is 2.17 bits per heavy atom. The third-order valence-electron chi connectivity index (χ3n) is 4.84. The Morgan fingerprint density at radius 1 is 1.03 bits per heavy atom. The van der Waals surface area contributed by atoms with Gasteiger partial charge in [-0.3, -0.25) is 18.7 Å². The maximum Gasteiger partial charge on any atom is 0.330 e. The SMILES string of the molecule is CCCN(CCC)C(=O)CN(C)S(=O)(=O)c1ccc2c(c1)c(=O)n(C)c(=O)n2C. The third kappa shape index (κ3) is 4.43. The lowest BCUT2D eigenvalue weighted by molar-refractivity contribution is -0.131. The molecule has 10 heteroatoms. The largest absolute Gasteiger partial charge is 0.342 e. The molecule has 29 heavy (non-hydrogen) atoms. The van der Waals surface area contributed by atoms with E-state index in [1.807, 2.05) is 13.8 Å². The van der Waals surface area contributed by atoms with Gasteiger partial charge in [-0.2, -0.15) is 4.31 Å². The molecular weight excluding hydrogens is 396 g/mol. The second-order valence-corrected chi connectivity index (χ2v) is 9.07. The van der Waals surface area contributed by atoms with E-state index in [1.165, 1.54) is 43.9 Å². The summed E-state index contributed by atoms with van der Waals surface area (Å²) in [4.78, 5) is 38.6. The van der Waals surface area contributed by atoms with Crippen LogP contribution in [0.3, 0.4) is 0 Å².